The van der Waals surface area contributed by atoms with Gasteiger partial charge in [-0.05, 0) is 6.07 Å². The lowest BCUT2D eigenvalue weighted by Gasteiger charge is -2.11. The van der Waals surface area contributed by atoms with Gasteiger partial charge in [-0.2, -0.15) is 0 Å². The lowest BCUT2D eigenvalue weighted by molar-refractivity contribution is -0.385. The number of rotatable bonds is 3. The number of hydrogen-bond donors (Lipinski definition) is 3. The summed E-state index contributed by atoms with van der Waals surface area (Å²) in [7, 11) is 0. The third-order valence-electron chi connectivity index (χ3n) is 1.93. The quantitative estimate of drug-likeness (QED) is 0.528. The topological polar surface area (TPSA) is 115 Å². The first-order valence-corrected chi connectivity index (χ1v) is 4.47. The van der Waals surface area contributed by atoms with E-state index in [9.17, 15) is 15.2 Å². The number of phenolic OH excluding ortho intramolecular Hbond substituents is 1. The maximum atomic E-state index is 10.6. The SMILES string of the molecule is NC[C@@H](N)c1cc(Cl)cc([N+](=O)[O-])c1O. The van der Waals surface area contributed by atoms with Crippen LogP contribution in [0.25, 0.3) is 0 Å². The average Bonchev–Trinajstić information content (AvgIpc) is 2.19. The maximum Gasteiger partial charge on any atom is 0.312 e. The van der Waals surface area contributed by atoms with E-state index in [0.29, 0.717) is 0 Å². The van der Waals surface area contributed by atoms with Crippen molar-refractivity contribution in [3.63, 3.8) is 0 Å². The third kappa shape index (κ3) is 2.35. The van der Waals surface area contributed by atoms with Gasteiger partial charge in [-0.15, -0.1) is 0 Å². The first-order valence-electron chi connectivity index (χ1n) is 4.09. The number of nitrogens with two attached hydrogens (primary N) is 2. The van der Waals surface area contributed by atoms with Crippen LogP contribution in [0.3, 0.4) is 0 Å². The van der Waals surface area contributed by atoms with Crippen molar-refractivity contribution >= 4 is 17.3 Å². The van der Waals surface area contributed by atoms with Gasteiger partial charge in [0, 0.05) is 29.2 Å². The zero-order valence-electron chi connectivity index (χ0n) is 7.68. The van der Waals surface area contributed by atoms with E-state index < -0.39 is 22.4 Å². The van der Waals surface area contributed by atoms with Crippen molar-refractivity contribution in [1.82, 2.24) is 0 Å². The number of phenols is 1. The molecule has 0 amide bonds. The summed E-state index contributed by atoms with van der Waals surface area (Å²) in [6.45, 7) is 0.0606. The van der Waals surface area contributed by atoms with Crippen LogP contribution in [0.5, 0.6) is 5.75 Å². The minimum atomic E-state index is -0.728. The third-order valence-corrected chi connectivity index (χ3v) is 2.15. The molecule has 0 bridgehead atoms. The van der Waals surface area contributed by atoms with E-state index >= 15 is 0 Å². The Hall–Kier alpha value is -1.37. The predicted octanol–water partition coefficient (Wildman–Crippen LogP) is 0.912. The van der Waals surface area contributed by atoms with Gasteiger partial charge < -0.3 is 16.6 Å². The molecule has 1 aromatic carbocycles. The molecule has 7 heteroatoms. The molecule has 0 spiro atoms. The van der Waals surface area contributed by atoms with Crippen molar-refractivity contribution in [1.29, 1.82) is 0 Å². The molecule has 0 aliphatic rings. The molecular weight excluding hydrogens is 222 g/mol. The predicted molar refractivity (Wildman–Crippen MR) is 55.8 cm³/mol. The monoisotopic (exact) mass is 231 g/mol. The Labute approximate surface area is 90.6 Å². The van der Waals surface area contributed by atoms with Gasteiger partial charge in [0.15, 0.2) is 5.75 Å². The van der Waals surface area contributed by atoms with Crippen molar-refractivity contribution < 1.29 is 10.0 Å². The number of nitro groups is 1. The summed E-state index contributed by atoms with van der Waals surface area (Å²) in [5.74, 6) is -0.484. The van der Waals surface area contributed by atoms with Crippen LogP contribution in [0.2, 0.25) is 5.02 Å². The van der Waals surface area contributed by atoms with Gasteiger partial charge in [0.25, 0.3) is 0 Å². The largest absolute Gasteiger partial charge is 0.502 e. The Balaban J connectivity index is 3.34. The fourth-order valence-electron chi connectivity index (χ4n) is 1.15. The second kappa shape index (κ2) is 4.43. The first kappa shape index (κ1) is 11.7. The molecule has 15 heavy (non-hydrogen) atoms. The van der Waals surface area contributed by atoms with E-state index in [-0.39, 0.29) is 17.1 Å². The summed E-state index contributed by atoms with van der Waals surface area (Å²) in [5, 5.41) is 20.2. The fourth-order valence-corrected chi connectivity index (χ4v) is 1.38. The van der Waals surface area contributed by atoms with Crippen LogP contribution in [-0.4, -0.2) is 16.6 Å². The van der Waals surface area contributed by atoms with Gasteiger partial charge in [0.05, 0.1) is 4.92 Å². The van der Waals surface area contributed by atoms with Crippen molar-refractivity contribution in [2.45, 2.75) is 6.04 Å². The molecule has 0 saturated carbocycles. The Bertz CT molecular complexity index is 397. The molecule has 5 N–H and O–H groups in total. The van der Waals surface area contributed by atoms with Gasteiger partial charge >= 0.3 is 5.69 Å². The van der Waals surface area contributed by atoms with Crippen molar-refractivity contribution in [3.8, 4) is 5.75 Å². The number of nitrogens with zero attached hydrogens (tertiary/aromatic N) is 1. The number of nitro benzene ring substituents is 1. The molecule has 0 aromatic heterocycles. The lowest BCUT2D eigenvalue weighted by atomic mass is 10.1. The second-order valence-electron chi connectivity index (χ2n) is 2.96. The summed E-state index contributed by atoms with van der Waals surface area (Å²) in [5.41, 5.74) is 10.6. The Morgan fingerprint density at radius 1 is 1.60 bits per heavy atom. The number of halogens is 1. The molecule has 0 aliphatic heterocycles. The van der Waals surface area contributed by atoms with Crippen LogP contribution in [0.4, 0.5) is 5.69 Å². The molecule has 0 radical (unpaired) electrons. The normalized spacial score (nSPS) is 12.5. The fraction of sp³-hybridized carbons (Fsp3) is 0.250. The molecule has 0 heterocycles. The highest BCUT2D eigenvalue weighted by Crippen LogP contribution is 2.35. The molecule has 1 rings (SSSR count). The molecule has 82 valence electrons. The Kier molecular flexibility index (Phi) is 3.46. The summed E-state index contributed by atoms with van der Waals surface area (Å²) in [6.07, 6.45) is 0. The molecule has 0 fully saturated rings. The highest BCUT2D eigenvalue weighted by molar-refractivity contribution is 6.31. The summed E-state index contributed by atoms with van der Waals surface area (Å²) < 4.78 is 0. The zero-order valence-corrected chi connectivity index (χ0v) is 8.44. The van der Waals surface area contributed by atoms with Gasteiger partial charge in [0.2, 0.25) is 0 Å². The zero-order chi connectivity index (χ0) is 11.6. The highest BCUT2D eigenvalue weighted by Gasteiger charge is 2.21. The van der Waals surface area contributed by atoms with Crippen LogP contribution < -0.4 is 11.5 Å². The standard InChI is InChI=1S/C8H10ClN3O3/c9-4-1-5(6(11)3-10)8(13)7(2-4)12(14)15/h1-2,6,13H,3,10-11H2/t6-/m1/s1. The van der Waals surface area contributed by atoms with Crippen LogP contribution in [-0.2, 0) is 0 Å². The van der Waals surface area contributed by atoms with E-state index in [1.165, 1.54) is 6.07 Å². The number of hydrogen-bond acceptors (Lipinski definition) is 5. The Morgan fingerprint density at radius 2 is 2.20 bits per heavy atom. The average molecular weight is 232 g/mol. The minimum Gasteiger partial charge on any atom is -0.502 e. The molecular formula is C8H10ClN3O3. The van der Waals surface area contributed by atoms with Crippen LogP contribution in [0.1, 0.15) is 11.6 Å². The first-order chi connectivity index (χ1) is 6.97. The molecule has 0 saturated heterocycles. The molecule has 6 nitrogen and oxygen atoms in total. The van der Waals surface area contributed by atoms with Crippen LogP contribution in [0, 0.1) is 10.1 Å². The Morgan fingerprint density at radius 3 is 2.67 bits per heavy atom. The second-order valence-corrected chi connectivity index (χ2v) is 3.40. The molecule has 0 unspecified atom stereocenters. The minimum absolute atomic E-state index is 0.0606. The van der Waals surface area contributed by atoms with Gasteiger partial charge in [-0.3, -0.25) is 10.1 Å². The summed E-state index contributed by atoms with van der Waals surface area (Å²) >= 11 is 5.66. The van der Waals surface area contributed by atoms with E-state index in [2.05, 4.69) is 0 Å². The van der Waals surface area contributed by atoms with Crippen molar-refractivity contribution in [2.75, 3.05) is 6.54 Å². The molecule has 1 aromatic rings. The van der Waals surface area contributed by atoms with Crippen LogP contribution in [0.15, 0.2) is 12.1 Å². The highest BCUT2D eigenvalue weighted by atomic mass is 35.5. The van der Waals surface area contributed by atoms with E-state index in [4.69, 9.17) is 23.1 Å². The van der Waals surface area contributed by atoms with E-state index in [1.807, 2.05) is 0 Å². The lowest BCUT2D eigenvalue weighted by Crippen LogP contribution is -2.21. The summed E-state index contributed by atoms with van der Waals surface area (Å²) in [4.78, 5) is 9.82. The maximum absolute atomic E-state index is 10.6. The van der Waals surface area contributed by atoms with Gasteiger partial charge in [-0.1, -0.05) is 11.6 Å². The van der Waals surface area contributed by atoms with E-state index in [0.717, 1.165) is 6.07 Å². The number of benzene rings is 1. The summed E-state index contributed by atoms with van der Waals surface area (Å²) in [6, 6.07) is 1.74. The number of aromatic hydroxyl groups is 1. The van der Waals surface area contributed by atoms with Crippen LogP contribution >= 0.6 is 11.6 Å². The van der Waals surface area contributed by atoms with E-state index in [1.54, 1.807) is 0 Å². The smallest absolute Gasteiger partial charge is 0.312 e. The van der Waals surface area contributed by atoms with Crippen molar-refractivity contribution in [2.24, 2.45) is 11.5 Å². The molecule has 1 atom stereocenters. The molecule has 0 aliphatic carbocycles. The van der Waals surface area contributed by atoms with Gasteiger partial charge in [0.1, 0.15) is 0 Å². The van der Waals surface area contributed by atoms with Crippen molar-refractivity contribution in [3.05, 3.63) is 32.8 Å². The van der Waals surface area contributed by atoms with Gasteiger partial charge in [-0.25, -0.2) is 0 Å².